The number of amides is 1. The number of aryl methyl sites for hydroxylation is 1. The highest BCUT2D eigenvalue weighted by Gasteiger charge is 2.18. The maximum Gasteiger partial charge on any atom is 0.278 e. The summed E-state index contributed by atoms with van der Waals surface area (Å²) in [5.41, 5.74) is 1.27. The van der Waals surface area contributed by atoms with Crippen LogP contribution in [0, 0.1) is 6.92 Å². The zero-order chi connectivity index (χ0) is 11.6. The summed E-state index contributed by atoms with van der Waals surface area (Å²) in [6.07, 6.45) is 0. The summed E-state index contributed by atoms with van der Waals surface area (Å²) in [6, 6.07) is 3.52. The van der Waals surface area contributed by atoms with E-state index in [1.54, 1.807) is 13.1 Å². The Bertz CT molecular complexity index is 372. The van der Waals surface area contributed by atoms with Crippen LogP contribution >= 0.6 is 27.5 Å². The Balaban J connectivity index is 3.20. The minimum Gasteiger partial charge on any atom is -0.274 e. The van der Waals surface area contributed by atoms with E-state index in [2.05, 4.69) is 15.9 Å². The van der Waals surface area contributed by atoms with Crippen molar-refractivity contribution in [2.24, 2.45) is 0 Å². The largest absolute Gasteiger partial charge is 0.278 e. The molecule has 3 nitrogen and oxygen atoms in total. The van der Waals surface area contributed by atoms with E-state index in [1.807, 2.05) is 13.0 Å². The lowest BCUT2D eigenvalue weighted by atomic mass is 10.1. The fourth-order valence-corrected chi connectivity index (χ4v) is 2.26. The molecule has 15 heavy (non-hydrogen) atoms. The Morgan fingerprint density at radius 2 is 2.13 bits per heavy atom. The second kappa shape index (κ2) is 4.96. The smallest absolute Gasteiger partial charge is 0.274 e. The lowest BCUT2D eigenvalue weighted by molar-refractivity contribution is -0.0757. The first-order valence-electron chi connectivity index (χ1n) is 4.25. The predicted octanol–water partition coefficient (Wildman–Crippen LogP) is 3.04. The fourth-order valence-electron chi connectivity index (χ4n) is 1.21. The predicted molar refractivity (Wildman–Crippen MR) is 63.0 cm³/mol. The summed E-state index contributed by atoms with van der Waals surface area (Å²) in [6.45, 7) is 1.83. The molecule has 0 N–H and O–H groups in total. The molecule has 1 rings (SSSR count). The van der Waals surface area contributed by atoms with E-state index in [1.165, 1.54) is 7.11 Å². The first kappa shape index (κ1) is 12.5. The standard InChI is InChI=1S/C10H11BrClNO2/c1-6-4-7(11)5-8(12)9(6)10(14)13(2)15-3/h4-5H,1-3H3. The van der Waals surface area contributed by atoms with Gasteiger partial charge in [-0.05, 0) is 24.6 Å². The zero-order valence-electron chi connectivity index (χ0n) is 8.67. The monoisotopic (exact) mass is 291 g/mol. The van der Waals surface area contributed by atoms with Gasteiger partial charge in [0.2, 0.25) is 0 Å². The second-order valence-electron chi connectivity index (χ2n) is 3.06. The maximum absolute atomic E-state index is 11.8. The van der Waals surface area contributed by atoms with Gasteiger partial charge in [-0.25, -0.2) is 5.06 Å². The van der Waals surface area contributed by atoms with Crippen LogP contribution in [-0.2, 0) is 4.84 Å². The Hall–Kier alpha value is -0.580. The molecule has 0 saturated carbocycles. The third kappa shape index (κ3) is 2.71. The number of carbonyl (C=O) groups excluding carboxylic acids is 1. The maximum atomic E-state index is 11.8. The second-order valence-corrected chi connectivity index (χ2v) is 4.39. The third-order valence-corrected chi connectivity index (χ3v) is 2.78. The van der Waals surface area contributed by atoms with Crippen molar-refractivity contribution >= 4 is 33.4 Å². The van der Waals surface area contributed by atoms with Crippen LogP contribution in [0.25, 0.3) is 0 Å². The number of hydrogen-bond donors (Lipinski definition) is 0. The zero-order valence-corrected chi connectivity index (χ0v) is 11.0. The Morgan fingerprint density at radius 3 is 2.60 bits per heavy atom. The van der Waals surface area contributed by atoms with Crippen LogP contribution in [0.15, 0.2) is 16.6 Å². The average molecular weight is 293 g/mol. The summed E-state index contributed by atoms with van der Waals surface area (Å²) in [5, 5.41) is 1.55. The quantitative estimate of drug-likeness (QED) is 0.784. The molecule has 0 fully saturated rings. The molecule has 1 amide bonds. The van der Waals surface area contributed by atoms with Crippen LogP contribution in [0.2, 0.25) is 5.02 Å². The molecule has 1 aromatic rings. The molecule has 0 atom stereocenters. The first-order chi connectivity index (χ1) is 6.97. The van der Waals surface area contributed by atoms with Crippen molar-refractivity contribution in [3.05, 3.63) is 32.8 Å². The highest BCUT2D eigenvalue weighted by atomic mass is 79.9. The SMILES string of the molecule is CON(C)C(=O)c1c(C)cc(Br)cc1Cl. The van der Waals surface area contributed by atoms with Crippen LogP contribution in [-0.4, -0.2) is 25.1 Å². The van der Waals surface area contributed by atoms with Crippen molar-refractivity contribution in [1.29, 1.82) is 0 Å². The van der Waals surface area contributed by atoms with Gasteiger partial charge in [-0.3, -0.25) is 9.63 Å². The average Bonchev–Trinajstić information content (AvgIpc) is 2.14. The molecule has 0 aromatic heterocycles. The molecule has 0 bridgehead atoms. The molecule has 1 aromatic carbocycles. The van der Waals surface area contributed by atoms with E-state index in [0.29, 0.717) is 10.6 Å². The molecular weight excluding hydrogens is 281 g/mol. The van der Waals surface area contributed by atoms with E-state index in [9.17, 15) is 4.79 Å². The molecular formula is C10H11BrClNO2. The number of carbonyl (C=O) groups is 1. The number of rotatable bonds is 2. The van der Waals surface area contributed by atoms with Crippen LogP contribution in [0.4, 0.5) is 0 Å². The van der Waals surface area contributed by atoms with E-state index < -0.39 is 0 Å². The van der Waals surface area contributed by atoms with Gasteiger partial charge in [-0.15, -0.1) is 0 Å². The highest BCUT2D eigenvalue weighted by molar-refractivity contribution is 9.10. The van der Waals surface area contributed by atoms with Crippen LogP contribution in [0.5, 0.6) is 0 Å². The van der Waals surface area contributed by atoms with Gasteiger partial charge < -0.3 is 0 Å². The molecule has 0 aliphatic rings. The molecule has 0 aliphatic carbocycles. The molecule has 5 heteroatoms. The Morgan fingerprint density at radius 1 is 1.53 bits per heavy atom. The first-order valence-corrected chi connectivity index (χ1v) is 5.42. The van der Waals surface area contributed by atoms with Gasteiger partial charge in [-0.1, -0.05) is 27.5 Å². The molecule has 0 spiro atoms. The van der Waals surface area contributed by atoms with Crippen LogP contribution in [0.3, 0.4) is 0 Å². The Labute approximate surface area is 102 Å². The summed E-state index contributed by atoms with van der Waals surface area (Å²) in [4.78, 5) is 16.6. The van der Waals surface area contributed by atoms with Gasteiger partial charge in [0.1, 0.15) is 0 Å². The van der Waals surface area contributed by atoms with Crippen molar-refractivity contribution in [2.45, 2.75) is 6.92 Å². The molecule has 0 heterocycles. The fraction of sp³-hybridized carbons (Fsp3) is 0.300. The third-order valence-electron chi connectivity index (χ3n) is 2.03. The van der Waals surface area contributed by atoms with Gasteiger partial charge in [0, 0.05) is 11.5 Å². The van der Waals surface area contributed by atoms with Crippen LogP contribution in [0.1, 0.15) is 15.9 Å². The molecule has 0 saturated heterocycles. The summed E-state index contributed by atoms with van der Waals surface area (Å²) in [7, 11) is 2.97. The van der Waals surface area contributed by atoms with Crippen molar-refractivity contribution in [3.8, 4) is 0 Å². The van der Waals surface area contributed by atoms with E-state index in [0.717, 1.165) is 15.1 Å². The topological polar surface area (TPSA) is 29.5 Å². The summed E-state index contributed by atoms with van der Waals surface area (Å²) in [5.74, 6) is -0.257. The van der Waals surface area contributed by atoms with Crippen molar-refractivity contribution < 1.29 is 9.63 Å². The number of benzene rings is 1. The van der Waals surface area contributed by atoms with Gasteiger partial charge in [0.15, 0.2) is 0 Å². The molecule has 0 aliphatic heterocycles. The molecule has 82 valence electrons. The molecule has 0 radical (unpaired) electrons. The summed E-state index contributed by atoms with van der Waals surface area (Å²) >= 11 is 9.31. The number of hydrogen-bond acceptors (Lipinski definition) is 2. The van der Waals surface area contributed by atoms with Gasteiger partial charge in [0.25, 0.3) is 5.91 Å². The lowest BCUT2D eigenvalue weighted by Crippen LogP contribution is -2.26. The van der Waals surface area contributed by atoms with Crippen molar-refractivity contribution in [1.82, 2.24) is 5.06 Å². The lowest BCUT2D eigenvalue weighted by Gasteiger charge is -2.16. The minimum absolute atomic E-state index is 0.257. The highest BCUT2D eigenvalue weighted by Crippen LogP contribution is 2.26. The van der Waals surface area contributed by atoms with Crippen molar-refractivity contribution in [2.75, 3.05) is 14.2 Å². The minimum atomic E-state index is -0.257. The number of nitrogens with zero attached hydrogens (tertiary/aromatic N) is 1. The number of hydroxylamine groups is 2. The normalized spacial score (nSPS) is 10.2. The molecule has 0 unspecified atom stereocenters. The summed E-state index contributed by atoms with van der Waals surface area (Å²) < 4.78 is 0.849. The Kier molecular flexibility index (Phi) is 4.13. The van der Waals surface area contributed by atoms with Crippen LogP contribution < -0.4 is 0 Å². The van der Waals surface area contributed by atoms with E-state index in [4.69, 9.17) is 16.4 Å². The van der Waals surface area contributed by atoms with Gasteiger partial charge in [-0.2, -0.15) is 0 Å². The van der Waals surface area contributed by atoms with Gasteiger partial charge >= 0.3 is 0 Å². The number of halogens is 2. The van der Waals surface area contributed by atoms with Crippen molar-refractivity contribution in [3.63, 3.8) is 0 Å². The van der Waals surface area contributed by atoms with E-state index >= 15 is 0 Å². The van der Waals surface area contributed by atoms with E-state index in [-0.39, 0.29) is 5.91 Å². The van der Waals surface area contributed by atoms with Gasteiger partial charge in [0.05, 0.1) is 17.7 Å².